The normalized spacial score (nSPS) is 10.3. The Morgan fingerprint density at radius 2 is 0.327 bits per heavy atom. The number of carboxylic acids is 12. The summed E-state index contributed by atoms with van der Waals surface area (Å²) < 4.78 is 0. The van der Waals surface area contributed by atoms with Crippen molar-refractivity contribution in [1.29, 1.82) is 0 Å². The van der Waals surface area contributed by atoms with Gasteiger partial charge in [0.2, 0.25) is 0 Å². The molecule has 0 fully saturated rings. The van der Waals surface area contributed by atoms with Crippen molar-refractivity contribution in [2.45, 2.75) is 73.8 Å². The number of carbonyl (C=O) groups excluding carboxylic acids is 12. The maximum absolute atomic E-state index is 10.1. The Labute approximate surface area is 361 Å². The zero-order valence-corrected chi connectivity index (χ0v) is 34.1. The van der Waals surface area contributed by atoms with Crippen LogP contribution in [-0.2, 0) is 136 Å². The summed E-state index contributed by atoms with van der Waals surface area (Å²) >= 11 is 0. The van der Waals surface area contributed by atoms with Crippen LogP contribution in [0, 0.1) is 0 Å². The molecule has 31 heteroatoms. The largest absolute Gasteiger partial charge is 4.00 e. The first kappa shape index (κ1) is 66.0. The quantitative estimate of drug-likeness (QED) is 0.0879. The van der Waals surface area contributed by atoms with Gasteiger partial charge in [0, 0.05) is 99.1 Å². The molecule has 0 atom stereocenters. The molecule has 28 nitrogen and oxygen atoms in total. The van der Waals surface area contributed by atoms with E-state index in [0.29, 0.717) is 0 Å². The molecule has 0 unspecified atom stereocenters. The van der Waals surface area contributed by atoms with Gasteiger partial charge in [-0.05, 0) is 0 Å². The summed E-state index contributed by atoms with van der Waals surface area (Å²) in [7, 11) is 0. The fraction of sp³-hybridized carbons (Fsp3) is 0.500. The second-order valence-electron chi connectivity index (χ2n) is 9.67. The molecule has 296 valence electrons. The first-order valence-electron chi connectivity index (χ1n) is 12.5. The van der Waals surface area contributed by atoms with Crippen LogP contribution >= 0.6 is 0 Å². The van der Waals surface area contributed by atoms with Gasteiger partial charge < -0.3 is 139 Å². The summed E-state index contributed by atoms with van der Waals surface area (Å²) in [6, 6.07) is 0. The number of aliphatic carboxylic acids is 12. The molecule has 0 aromatic rings. The molecule has 0 aromatic heterocycles. The topological polar surface area (TPSA) is 562 Å². The standard InChI is InChI=1S/4C6H8O7.3Zr/c4*7-3(8)1-6(13,5(11)12)2-4(9)10;;;/h4*13H,1-2H2,(H,7,8)(H,9,10)(H,11,12);;;/q;;;;3*+4/p-12. The van der Waals surface area contributed by atoms with E-state index in [9.17, 15) is 119 Å². The van der Waals surface area contributed by atoms with E-state index in [1.807, 2.05) is 0 Å². The van der Waals surface area contributed by atoms with Gasteiger partial charge in [-0.3, -0.25) is 0 Å². The molecule has 0 heterocycles. The van der Waals surface area contributed by atoms with Crippen LogP contribution in [-0.4, -0.2) is 114 Å². The fourth-order valence-corrected chi connectivity index (χ4v) is 2.74. The Morgan fingerprint density at radius 3 is 0.364 bits per heavy atom. The molecule has 0 aliphatic rings. The van der Waals surface area contributed by atoms with Gasteiger partial charge in [0.05, 0.1) is 23.9 Å². The fourth-order valence-electron chi connectivity index (χ4n) is 2.74. The van der Waals surface area contributed by atoms with Gasteiger partial charge in [-0.25, -0.2) is 0 Å². The third-order valence-electron chi connectivity index (χ3n) is 5.01. The maximum Gasteiger partial charge on any atom is 4.00 e. The molecule has 0 aromatic carbocycles. The van der Waals surface area contributed by atoms with E-state index in [-0.39, 0.29) is 78.6 Å². The molecule has 0 amide bonds. The molecule has 0 saturated heterocycles. The Morgan fingerprint density at radius 1 is 0.255 bits per heavy atom. The summed E-state index contributed by atoms with van der Waals surface area (Å²) in [5.41, 5.74) is -11.9. The number of carbonyl (C=O) groups is 12. The van der Waals surface area contributed by atoms with Crippen molar-refractivity contribution in [3.63, 3.8) is 0 Å². The SMILES string of the molecule is O=C([O-])CC(O)(CC(=O)[O-])C(=O)[O-].O=C([O-])CC(O)(CC(=O)[O-])C(=O)[O-].O=C([O-])CC(O)(CC(=O)[O-])C(=O)[O-].O=C([O-])CC(O)(CC(=O)[O-])C(=O)[O-].[Zr+4].[Zr+4].[Zr+4]. The zero-order valence-electron chi connectivity index (χ0n) is 26.7. The second kappa shape index (κ2) is 29.4. The van der Waals surface area contributed by atoms with Gasteiger partial charge in [-0.1, -0.05) is 0 Å². The van der Waals surface area contributed by atoms with Crippen LogP contribution in [0.15, 0.2) is 0 Å². The van der Waals surface area contributed by atoms with Crippen LogP contribution in [0.3, 0.4) is 0 Å². The molecular formula is C24H20O28Zr3. The van der Waals surface area contributed by atoms with Gasteiger partial charge >= 0.3 is 78.6 Å². The van der Waals surface area contributed by atoms with E-state index in [2.05, 4.69) is 0 Å². The molecule has 0 bridgehead atoms. The Bertz CT molecular complexity index is 1130. The van der Waals surface area contributed by atoms with Crippen LogP contribution in [0.25, 0.3) is 0 Å². The van der Waals surface area contributed by atoms with E-state index in [4.69, 9.17) is 20.4 Å². The number of aliphatic hydroxyl groups is 4. The van der Waals surface area contributed by atoms with Gasteiger partial charge in [-0.2, -0.15) is 0 Å². The smallest absolute Gasteiger partial charge is 0.550 e. The second-order valence-corrected chi connectivity index (χ2v) is 9.67. The van der Waals surface area contributed by atoms with Crippen molar-refractivity contribution in [2.75, 3.05) is 0 Å². The molecule has 0 saturated carbocycles. The van der Waals surface area contributed by atoms with Crippen molar-refractivity contribution in [3.8, 4) is 0 Å². The van der Waals surface area contributed by atoms with E-state index in [1.54, 1.807) is 0 Å². The summed E-state index contributed by atoms with van der Waals surface area (Å²) in [5.74, 6) is -23.9. The molecule has 0 rings (SSSR count). The molecule has 0 radical (unpaired) electrons. The molecule has 0 aliphatic carbocycles. The molecule has 4 N–H and O–H groups in total. The predicted molar refractivity (Wildman–Crippen MR) is 117 cm³/mol. The first-order chi connectivity index (χ1) is 23.1. The van der Waals surface area contributed by atoms with Gasteiger partial charge in [0.25, 0.3) is 0 Å². The van der Waals surface area contributed by atoms with E-state index >= 15 is 0 Å². The van der Waals surface area contributed by atoms with Crippen LogP contribution in [0.2, 0.25) is 0 Å². The third kappa shape index (κ3) is 32.1. The summed E-state index contributed by atoms with van der Waals surface area (Å²) in [6.45, 7) is 0. The molecular weight excluding hydrogens is 1010 g/mol. The van der Waals surface area contributed by atoms with E-state index < -0.39 is 145 Å². The number of hydrogen-bond donors (Lipinski definition) is 4. The summed E-state index contributed by atoms with van der Waals surface area (Å²) in [4.78, 5) is 120. The van der Waals surface area contributed by atoms with E-state index in [1.165, 1.54) is 0 Å². The van der Waals surface area contributed by atoms with Crippen molar-refractivity contribution in [1.82, 2.24) is 0 Å². The minimum atomic E-state index is -2.97. The number of rotatable bonds is 20. The Kier molecular flexibility index (Phi) is 35.3. The zero-order chi connectivity index (χ0) is 42.6. The predicted octanol–water partition coefficient (Wildman–Crippen LogP) is -21.0. The summed E-state index contributed by atoms with van der Waals surface area (Å²) in [6.07, 6.45) is -10.9. The molecule has 0 spiro atoms. The molecule has 0 aliphatic heterocycles. The maximum atomic E-state index is 10.1. The third-order valence-corrected chi connectivity index (χ3v) is 5.01. The Hall–Kier alpha value is -3.87. The summed E-state index contributed by atoms with van der Waals surface area (Å²) in [5, 5.41) is 156. The first-order valence-corrected chi connectivity index (χ1v) is 12.5. The Balaban J connectivity index is -0.000000110. The van der Waals surface area contributed by atoms with Crippen LogP contribution in [0.4, 0.5) is 0 Å². The number of carboxylic acid groups (broad SMARTS) is 12. The van der Waals surface area contributed by atoms with Gasteiger partial charge in [0.1, 0.15) is 22.4 Å². The van der Waals surface area contributed by atoms with Crippen molar-refractivity contribution < 1.29 is 218 Å². The van der Waals surface area contributed by atoms with Crippen molar-refractivity contribution in [3.05, 3.63) is 0 Å². The van der Waals surface area contributed by atoms with Crippen molar-refractivity contribution in [2.24, 2.45) is 0 Å². The minimum Gasteiger partial charge on any atom is -0.550 e. The van der Waals surface area contributed by atoms with Gasteiger partial charge in [-0.15, -0.1) is 0 Å². The van der Waals surface area contributed by atoms with Crippen LogP contribution < -0.4 is 61.3 Å². The number of hydrogen-bond acceptors (Lipinski definition) is 28. The molecule has 55 heavy (non-hydrogen) atoms. The van der Waals surface area contributed by atoms with Crippen LogP contribution in [0.1, 0.15) is 51.4 Å². The average molecular weight is 1030 g/mol. The van der Waals surface area contributed by atoms with Crippen molar-refractivity contribution >= 4 is 71.6 Å². The van der Waals surface area contributed by atoms with Crippen LogP contribution in [0.5, 0.6) is 0 Å². The monoisotopic (exact) mass is 1030 g/mol. The minimum absolute atomic E-state index is 0. The average Bonchev–Trinajstić information content (AvgIpc) is 2.85. The van der Waals surface area contributed by atoms with Gasteiger partial charge in [0.15, 0.2) is 0 Å². The van der Waals surface area contributed by atoms with E-state index in [0.717, 1.165) is 0 Å².